The van der Waals surface area contributed by atoms with Gasteiger partial charge in [0, 0.05) is 23.7 Å². The third-order valence-electron chi connectivity index (χ3n) is 6.27. The Kier molecular flexibility index (Phi) is 6.43. The zero-order valence-electron chi connectivity index (χ0n) is 19.2. The molecule has 2 aliphatic rings. The van der Waals surface area contributed by atoms with Crippen LogP contribution in [0.15, 0.2) is 60.8 Å². The van der Waals surface area contributed by atoms with Crippen LogP contribution in [0.25, 0.3) is 11.3 Å². The molecule has 0 aliphatic carbocycles. The van der Waals surface area contributed by atoms with Crippen LogP contribution in [0.1, 0.15) is 16.8 Å². The molecular weight excluding hydrogens is 451 g/mol. The highest BCUT2D eigenvalue weighted by molar-refractivity contribution is 6.06. The lowest BCUT2D eigenvalue weighted by Gasteiger charge is -2.26. The number of methoxy groups -OCH3 is 1. The van der Waals surface area contributed by atoms with Gasteiger partial charge in [0.05, 0.1) is 49.6 Å². The summed E-state index contributed by atoms with van der Waals surface area (Å²) in [6, 6.07) is 14.8. The summed E-state index contributed by atoms with van der Waals surface area (Å²) in [7, 11) is 1.50. The van der Waals surface area contributed by atoms with Gasteiger partial charge in [-0.3, -0.25) is 19.5 Å². The van der Waals surface area contributed by atoms with Crippen molar-refractivity contribution in [3.8, 4) is 17.0 Å². The van der Waals surface area contributed by atoms with E-state index in [1.165, 1.54) is 19.4 Å². The number of likely N-dealkylation sites (tertiary alicyclic amines) is 1. The maximum atomic E-state index is 14.0. The average Bonchev–Trinajstić information content (AvgIpc) is 3.48. The second kappa shape index (κ2) is 9.81. The van der Waals surface area contributed by atoms with E-state index in [4.69, 9.17) is 9.47 Å². The Morgan fingerprint density at radius 3 is 2.71 bits per heavy atom. The zero-order valence-corrected chi connectivity index (χ0v) is 19.2. The number of hydrogen-bond donors (Lipinski definition) is 2. The lowest BCUT2D eigenvalue weighted by Crippen LogP contribution is -2.41. The van der Waals surface area contributed by atoms with Crippen molar-refractivity contribution in [2.75, 3.05) is 37.4 Å². The van der Waals surface area contributed by atoms with E-state index in [1.807, 2.05) is 0 Å². The molecule has 2 aromatic carbocycles. The molecule has 0 radical (unpaired) electrons. The predicted molar refractivity (Wildman–Crippen MR) is 129 cm³/mol. The Labute approximate surface area is 202 Å². The first-order valence-corrected chi connectivity index (χ1v) is 11.4. The Hall–Kier alpha value is -3.82. The molecule has 9 heteroatoms. The number of pyridine rings is 1. The van der Waals surface area contributed by atoms with Crippen LogP contribution in [-0.4, -0.2) is 60.7 Å². The molecule has 5 rings (SSSR count). The van der Waals surface area contributed by atoms with E-state index in [2.05, 4.69) is 20.5 Å². The molecule has 180 valence electrons. The largest absolute Gasteiger partial charge is 0.495 e. The third kappa shape index (κ3) is 5.01. The summed E-state index contributed by atoms with van der Waals surface area (Å²) in [5.41, 5.74) is 2.07. The highest BCUT2D eigenvalue weighted by Crippen LogP contribution is 2.29. The smallest absolute Gasteiger partial charge is 0.255 e. The second-order valence-electron chi connectivity index (χ2n) is 8.60. The molecule has 3 heterocycles. The van der Waals surface area contributed by atoms with Gasteiger partial charge in [-0.25, -0.2) is 4.39 Å². The van der Waals surface area contributed by atoms with Gasteiger partial charge in [-0.15, -0.1) is 0 Å². The fourth-order valence-corrected chi connectivity index (χ4v) is 4.49. The zero-order chi connectivity index (χ0) is 24.4. The van der Waals surface area contributed by atoms with Gasteiger partial charge in [-0.05, 0) is 48.9 Å². The molecule has 8 nitrogen and oxygen atoms in total. The Morgan fingerprint density at radius 1 is 1.17 bits per heavy atom. The summed E-state index contributed by atoms with van der Waals surface area (Å²) in [4.78, 5) is 31.9. The predicted octanol–water partition coefficient (Wildman–Crippen LogP) is 3.56. The number of aromatic nitrogens is 1. The molecule has 35 heavy (non-hydrogen) atoms. The maximum absolute atomic E-state index is 14.0. The van der Waals surface area contributed by atoms with E-state index >= 15 is 0 Å². The number of rotatable bonds is 7. The number of benzene rings is 2. The van der Waals surface area contributed by atoms with Crippen molar-refractivity contribution in [2.45, 2.75) is 18.6 Å². The van der Waals surface area contributed by atoms with Gasteiger partial charge in [0.2, 0.25) is 5.91 Å². The highest BCUT2D eigenvalue weighted by atomic mass is 19.1. The summed E-state index contributed by atoms with van der Waals surface area (Å²) in [6.45, 7) is 1.67. The third-order valence-corrected chi connectivity index (χ3v) is 6.27. The minimum atomic E-state index is -0.377. The van der Waals surface area contributed by atoms with Gasteiger partial charge in [0.1, 0.15) is 11.6 Å². The number of halogens is 1. The molecule has 2 aliphatic heterocycles. The Bertz CT molecular complexity index is 1250. The van der Waals surface area contributed by atoms with Gasteiger partial charge in [0.15, 0.2) is 0 Å². The molecular formula is C26H25FN4O4. The molecule has 2 fully saturated rings. The van der Waals surface area contributed by atoms with Gasteiger partial charge >= 0.3 is 0 Å². The number of carbonyl (C=O) groups excluding carboxylic acids is 2. The summed E-state index contributed by atoms with van der Waals surface area (Å²) in [5, 5.41) is 5.64. The van der Waals surface area contributed by atoms with Crippen LogP contribution in [0.4, 0.5) is 15.8 Å². The molecule has 2 bridgehead atoms. The van der Waals surface area contributed by atoms with E-state index in [0.29, 0.717) is 40.6 Å². The SMILES string of the molecule is COc1ccc(C(=O)Nc2ccc(-c3ccccc3F)nc2)cc1NC(=O)CN1CC2CC1CO2. The fourth-order valence-electron chi connectivity index (χ4n) is 4.49. The molecule has 1 aromatic heterocycles. The average molecular weight is 477 g/mol. The minimum Gasteiger partial charge on any atom is -0.495 e. The van der Waals surface area contributed by atoms with E-state index < -0.39 is 0 Å². The summed E-state index contributed by atoms with van der Waals surface area (Å²) in [6.07, 6.45) is 2.64. The highest BCUT2D eigenvalue weighted by Gasteiger charge is 2.39. The van der Waals surface area contributed by atoms with Crippen LogP contribution < -0.4 is 15.4 Å². The van der Waals surface area contributed by atoms with Crippen molar-refractivity contribution in [3.05, 3.63) is 72.2 Å². The molecule has 2 N–H and O–H groups in total. The molecule has 3 aromatic rings. The summed E-state index contributed by atoms with van der Waals surface area (Å²) in [5.74, 6) is -0.466. The van der Waals surface area contributed by atoms with E-state index in [9.17, 15) is 14.0 Å². The van der Waals surface area contributed by atoms with Crippen molar-refractivity contribution in [2.24, 2.45) is 0 Å². The number of ether oxygens (including phenoxy) is 2. The number of amides is 2. The van der Waals surface area contributed by atoms with Crippen LogP contribution in [0, 0.1) is 5.82 Å². The van der Waals surface area contributed by atoms with Gasteiger partial charge in [0.25, 0.3) is 5.91 Å². The molecule has 0 spiro atoms. The number of carbonyl (C=O) groups is 2. The van der Waals surface area contributed by atoms with Gasteiger partial charge < -0.3 is 20.1 Å². The normalized spacial score (nSPS) is 18.9. The van der Waals surface area contributed by atoms with E-state index in [1.54, 1.807) is 48.5 Å². The van der Waals surface area contributed by atoms with Gasteiger partial charge in [-0.2, -0.15) is 0 Å². The monoisotopic (exact) mass is 476 g/mol. The van der Waals surface area contributed by atoms with Crippen molar-refractivity contribution in [1.29, 1.82) is 0 Å². The lowest BCUT2D eigenvalue weighted by molar-refractivity contribution is -0.118. The quantitative estimate of drug-likeness (QED) is 0.542. The lowest BCUT2D eigenvalue weighted by atomic mass is 10.1. The van der Waals surface area contributed by atoms with Crippen LogP contribution in [0.3, 0.4) is 0 Å². The number of anilines is 2. The molecule has 2 saturated heterocycles. The summed E-state index contributed by atoms with van der Waals surface area (Å²) >= 11 is 0. The van der Waals surface area contributed by atoms with Crippen molar-refractivity contribution >= 4 is 23.2 Å². The first-order chi connectivity index (χ1) is 17.0. The number of nitrogens with one attached hydrogen (secondary N) is 2. The van der Waals surface area contributed by atoms with E-state index in [0.717, 1.165) is 13.0 Å². The number of morpholine rings is 1. The fraction of sp³-hybridized carbons (Fsp3) is 0.269. The van der Waals surface area contributed by atoms with Crippen molar-refractivity contribution < 1.29 is 23.5 Å². The number of fused-ring (bicyclic) bond motifs is 2. The van der Waals surface area contributed by atoms with Crippen molar-refractivity contribution in [1.82, 2.24) is 9.88 Å². The van der Waals surface area contributed by atoms with Gasteiger partial charge in [-0.1, -0.05) is 12.1 Å². The standard InChI is InChI=1S/C26H25FN4O4/c1-34-24-9-6-16(10-23(24)30-25(32)14-31-13-19-11-18(31)15-35-19)26(33)29-17-7-8-22(28-12-17)20-4-2-3-5-21(20)27/h2-10,12,18-19H,11,13-15H2,1H3,(H,29,33)(H,30,32). The van der Waals surface area contributed by atoms with Crippen LogP contribution in [0.2, 0.25) is 0 Å². The first kappa shape index (κ1) is 22.9. The number of nitrogens with zero attached hydrogens (tertiary/aromatic N) is 2. The van der Waals surface area contributed by atoms with E-state index in [-0.39, 0.29) is 36.3 Å². The molecule has 0 saturated carbocycles. The van der Waals surface area contributed by atoms with Crippen LogP contribution in [-0.2, 0) is 9.53 Å². The molecule has 2 amide bonds. The molecule has 2 unspecified atom stereocenters. The minimum absolute atomic E-state index is 0.179. The first-order valence-electron chi connectivity index (χ1n) is 11.4. The Balaban J connectivity index is 1.25. The van der Waals surface area contributed by atoms with Crippen molar-refractivity contribution in [3.63, 3.8) is 0 Å². The number of hydrogen-bond acceptors (Lipinski definition) is 6. The van der Waals surface area contributed by atoms with Crippen LogP contribution in [0.5, 0.6) is 5.75 Å². The molecule has 2 atom stereocenters. The summed E-state index contributed by atoms with van der Waals surface area (Å²) < 4.78 is 24.9. The van der Waals surface area contributed by atoms with Crippen LogP contribution >= 0.6 is 0 Å². The second-order valence-corrected chi connectivity index (χ2v) is 8.60. The topological polar surface area (TPSA) is 92.8 Å². The maximum Gasteiger partial charge on any atom is 0.255 e. The Morgan fingerprint density at radius 2 is 2.03 bits per heavy atom.